The fraction of sp³-hybridized carbons (Fsp3) is 0.889. The molecule has 1 saturated heterocycles. The maximum atomic E-state index is 13.0. The summed E-state index contributed by atoms with van der Waals surface area (Å²) >= 11 is 0. The lowest BCUT2D eigenvalue weighted by atomic mass is 9.48. The Balaban J connectivity index is 1.04. The van der Waals surface area contributed by atoms with Gasteiger partial charge < -0.3 is 5.32 Å². The van der Waals surface area contributed by atoms with Crippen LogP contribution in [0.4, 0.5) is 0 Å². The minimum atomic E-state index is 0.0439. The Hall–Kier alpha value is -1.63. The summed E-state index contributed by atoms with van der Waals surface area (Å²) in [6.45, 7) is 4.58. The molecule has 0 aromatic carbocycles. The third-order valence-corrected chi connectivity index (χ3v) is 10.4. The Morgan fingerprint density at radius 3 is 2.21 bits per heavy atom. The molecule has 0 radical (unpaired) electrons. The SMILES string of the molecule is CC(NC(=O)CN1CCC(c2nn(C)c(=O)n2C2CCCC2)CC1)C12CC3CC(CC(C3)C1)C2. The van der Waals surface area contributed by atoms with Crippen molar-refractivity contribution in [2.45, 2.75) is 102 Å². The van der Waals surface area contributed by atoms with Gasteiger partial charge in [0.2, 0.25) is 5.91 Å². The van der Waals surface area contributed by atoms with E-state index >= 15 is 0 Å². The van der Waals surface area contributed by atoms with Gasteiger partial charge >= 0.3 is 5.69 Å². The summed E-state index contributed by atoms with van der Waals surface area (Å²) < 4.78 is 3.53. The number of amides is 1. The molecule has 188 valence electrons. The number of rotatable bonds is 6. The lowest BCUT2D eigenvalue weighted by Crippen LogP contribution is -2.56. The van der Waals surface area contributed by atoms with E-state index in [9.17, 15) is 9.59 Å². The van der Waals surface area contributed by atoms with E-state index in [-0.39, 0.29) is 11.6 Å². The number of likely N-dealkylation sites (tertiary alicyclic amines) is 1. The molecule has 7 nitrogen and oxygen atoms in total. The van der Waals surface area contributed by atoms with Crippen molar-refractivity contribution in [2.24, 2.45) is 30.2 Å². The van der Waals surface area contributed by atoms with Gasteiger partial charge in [0.15, 0.2) is 0 Å². The number of carbonyl (C=O) groups is 1. The van der Waals surface area contributed by atoms with E-state index in [2.05, 4.69) is 22.2 Å². The van der Waals surface area contributed by atoms with Crippen molar-refractivity contribution in [3.05, 3.63) is 16.3 Å². The van der Waals surface area contributed by atoms with Gasteiger partial charge in [0.05, 0.1) is 6.54 Å². The van der Waals surface area contributed by atoms with E-state index in [1.165, 1.54) is 56.0 Å². The minimum absolute atomic E-state index is 0.0439. The molecular weight excluding hydrogens is 426 g/mol. The molecule has 5 aliphatic carbocycles. The molecule has 1 atom stereocenters. The highest BCUT2D eigenvalue weighted by molar-refractivity contribution is 5.78. The van der Waals surface area contributed by atoms with Gasteiger partial charge in [-0.3, -0.25) is 14.3 Å². The second-order valence-corrected chi connectivity index (χ2v) is 12.7. The fourth-order valence-corrected chi connectivity index (χ4v) is 8.98. The van der Waals surface area contributed by atoms with Crippen LogP contribution in [0.2, 0.25) is 0 Å². The number of nitrogens with zero attached hydrogens (tertiary/aromatic N) is 4. The molecule has 5 saturated carbocycles. The molecule has 1 aliphatic heterocycles. The average Bonchev–Trinajstić information content (AvgIpc) is 3.41. The molecule has 34 heavy (non-hydrogen) atoms. The Labute approximate surface area is 203 Å². The molecule has 1 aromatic heterocycles. The first-order chi connectivity index (χ1) is 16.4. The zero-order chi connectivity index (χ0) is 23.4. The minimum Gasteiger partial charge on any atom is -0.352 e. The smallest absolute Gasteiger partial charge is 0.345 e. The van der Waals surface area contributed by atoms with E-state index in [4.69, 9.17) is 0 Å². The summed E-state index contributed by atoms with van der Waals surface area (Å²) in [6.07, 6.45) is 14.9. The largest absolute Gasteiger partial charge is 0.352 e. The highest BCUT2D eigenvalue weighted by atomic mass is 16.2. The molecule has 6 aliphatic rings. The summed E-state index contributed by atoms with van der Waals surface area (Å²) in [5, 5.41) is 8.11. The lowest BCUT2D eigenvalue weighted by molar-refractivity contribution is -0.127. The molecule has 2 heterocycles. The number of hydrogen-bond acceptors (Lipinski definition) is 4. The molecule has 4 bridgehead atoms. The maximum Gasteiger partial charge on any atom is 0.345 e. The Morgan fingerprint density at radius 1 is 1.03 bits per heavy atom. The van der Waals surface area contributed by atoms with Crippen LogP contribution in [-0.2, 0) is 11.8 Å². The standard InChI is InChI=1S/C27H43N5O2/c1-18(27-14-19-11-20(15-27)13-21(12-19)16-27)28-24(33)17-31-9-7-22(8-10-31)25-29-30(2)26(34)32(25)23-5-3-4-6-23/h18-23H,3-17H2,1-2H3,(H,28,33). The molecule has 7 rings (SSSR count). The monoisotopic (exact) mass is 469 g/mol. The van der Waals surface area contributed by atoms with Crippen LogP contribution in [0.1, 0.15) is 102 Å². The summed E-state index contributed by atoms with van der Waals surface area (Å²) in [5.74, 6) is 4.25. The van der Waals surface area contributed by atoms with Crippen molar-refractivity contribution in [3.8, 4) is 0 Å². The van der Waals surface area contributed by atoms with E-state index in [1.54, 1.807) is 7.05 Å². The normalized spacial score (nSPS) is 35.2. The van der Waals surface area contributed by atoms with Crippen molar-refractivity contribution in [1.29, 1.82) is 0 Å². The van der Waals surface area contributed by atoms with E-state index in [0.717, 1.165) is 62.4 Å². The highest BCUT2D eigenvalue weighted by Crippen LogP contribution is 2.61. The predicted molar refractivity (Wildman–Crippen MR) is 132 cm³/mol. The van der Waals surface area contributed by atoms with Crippen LogP contribution in [0.3, 0.4) is 0 Å². The molecule has 1 aromatic rings. The number of nitrogens with one attached hydrogen (secondary N) is 1. The maximum absolute atomic E-state index is 13.0. The number of aryl methyl sites for hydroxylation is 1. The Kier molecular flexibility index (Phi) is 5.90. The average molecular weight is 470 g/mol. The summed E-state index contributed by atoms with van der Waals surface area (Å²) in [6, 6.07) is 0.617. The van der Waals surface area contributed by atoms with Crippen molar-refractivity contribution >= 4 is 5.91 Å². The van der Waals surface area contributed by atoms with Crippen LogP contribution in [-0.4, -0.2) is 50.8 Å². The van der Waals surface area contributed by atoms with Crippen LogP contribution in [0.25, 0.3) is 0 Å². The van der Waals surface area contributed by atoms with E-state index in [0.29, 0.717) is 30.0 Å². The molecule has 1 N–H and O–H groups in total. The molecule has 7 heteroatoms. The van der Waals surface area contributed by atoms with E-state index < -0.39 is 0 Å². The first kappa shape index (κ1) is 22.8. The third-order valence-electron chi connectivity index (χ3n) is 10.4. The van der Waals surface area contributed by atoms with Gasteiger partial charge in [0.25, 0.3) is 0 Å². The van der Waals surface area contributed by atoms with Gasteiger partial charge in [0, 0.05) is 25.0 Å². The van der Waals surface area contributed by atoms with Crippen molar-refractivity contribution in [3.63, 3.8) is 0 Å². The van der Waals surface area contributed by atoms with Gasteiger partial charge in [0.1, 0.15) is 5.82 Å². The van der Waals surface area contributed by atoms with Gasteiger partial charge in [-0.2, -0.15) is 5.10 Å². The molecule has 1 amide bonds. The van der Waals surface area contributed by atoms with Crippen LogP contribution < -0.4 is 11.0 Å². The van der Waals surface area contributed by atoms with Gasteiger partial charge in [-0.15, -0.1) is 0 Å². The first-order valence-corrected chi connectivity index (χ1v) is 14.1. The molecule has 6 fully saturated rings. The zero-order valence-corrected chi connectivity index (χ0v) is 21.2. The fourth-order valence-electron chi connectivity index (χ4n) is 8.98. The highest BCUT2D eigenvalue weighted by Gasteiger charge is 2.53. The Morgan fingerprint density at radius 2 is 1.62 bits per heavy atom. The summed E-state index contributed by atoms with van der Waals surface area (Å²) in [5.41, 5.74) is 0.405. The van der Waals surface area contributed by atoms with Crippen LogP contribution in [0, 0.1) is 23.2 Å². The van der Waals surface area contributed by atoms with Crippen LogP contribution >= 0.6 is 0 Å². The van der Waals surface area contributed by atoms with Gasteiger partial charge in [-0.25, -0.2) is 9.48 Å². The number of carbonyl (C=O) groups excluding carboxylic acids is 1. The number of hydrogen-bond donors (Lipinski definition) is 1. The van der Waals surface area contributed by atoms with Crippen molar-refractivity contribution in [2.75, 3.05) is 19.6 Å². The van der Waals surface area contributed by atoms with Crippen LogP contribution in [0.15, 0.2) is 4.79 Å². The second-order valence-electron chi connectivity index (χ2n) is 12.7. The number of piperidine rings is 1. The topological polar surface area (TPSA) is 72.2 Å². The quantitative estimate of drug-likeness (QED) is 0.691. The van der Waals surface area contributed by atoms with Gasteiger partial charge in [-0.05, 0) is 107 Å². The first-order valence-electron chi connectivity index (χ1n) is 14.1. The predicted octanol–water partition coefficient (Wildman–Crippen LogP) is 3.60. The third kappa shape index (κ3) is 4.06. The van der Waals surface area contributed by atoms with Gasteiger partial charge in [-0.1, -0.05) is 12.8 Å². The molecular formula is C27H43N5O2. The zero-order valence-electron chi connectivity index (χ0n) is 21.2. The summed E-state index contributed by atoms with van der Waals surface area (Å²) in [7, 11) is 1.78. The second kappa shape index (κ2) is 8.79. The Bertz CT molecular complexity index is 931. The molecule has 0 spiro atoms. The van der Waals surface area contributed by atoms with Crippen LogP contribution in [0.5, 0.6) is 0 Å². The molecule has 1 unspecified atom stereocenters. The summed E-state index contributed by atoms with van der Waals surface area (Å²) in [4.78, 5) is 28.1. The van der Waals surface area contributed by atoms with Crippen molar-refractivity contribution < 1.29 is 4.79 Å². The lowest BCUT2D eigenvalue weighted by Gasteiger charge is -2.59. The van der Waals surface area contributed by atoms with E-state index in [1.807, 2.05) is 4.57 Å². The van der Waals surface area contributed by atoms with Crippen molar-refractivity contribution in [1.82, 2.24) is 24.6 Å². The number of aromatic nitrogens is 3.